The third kappa shape index (κ3) is 3.25. The van der Waals surface area contributed by atoms with Crippen LogP contribution in [0, 0.1) is 0 Å². The lowest BCUT2D eigenvalue weighted by atomic mass is 9.73. The van der Waals surface area contributed by atoms with Gasteiger partial charge in [0, 0.05) is 31.6 Å². The molecule has 0 aliphatic carbocycles. The molecule has 26 heavy (non-hydrogen) atoms. The molecule has 0 spiro atoms. The number of hydrogen-bond acceptors (Lipinski definition) is 3. The fourth-order valence-electron chi connectivity index (χ4n) is 3.75. The summed E-state index contributed by atoms with van der Waals surface area (Å²) in [5.74, 6) is 0.982. The predicted molar refractivity (Wildman–Crippen MR) is 101 cm³/mol. The summed E-state index contributed by atoms with van der Waals surface area (Å²) in [7, 11) is 0. The average molecular weight is 349 g/mol. The number of carbonyl (C=O) groups is 1. The van der Waals surface area contributed by atoms with Gasteiger partial charge in [-0.3, -0.25) is 4.79 Å². The van der Waals surface area contributed by atoms with Crippen LogP contribution >= 0.6 is 0 Å². The number of carbonyl (C=O) groups excluding carboxylic acids is 1. The van der Waals surface area contributed by atoms with E-state index >= 15 is 0 Å². The van der Waals surface area contributed by atoms with E-state index in [1.54, 1.807) is 0 Å². The average Bonchev–Trinajstić information content (AvgIpc) is 3.12. The molecule has 2 heterocycles. The molecular formula is C22H23NO3. The smallest absolute Gasteiger partial charge is 0.230 e. The maximum Gasteiger partial charge on any atom is 0.230 e. The Bertz CT molecular complexity index is 846. The van der Waals surface area contributed by atoms with Gasteiger partial charge in [0.05, 0.1) is 5.41 Å². The molecule has 4 heteroatoms. The maximum absolute atomic E-state index is 13.1. The largest absolute Gasteiger partial charge is 0.461 e. The van der Waals surface area contributed by atoms with Gasteiger partial charge in [-0.1, -0.05) is 48.5 Å². The molecule has 1 aliphatic rings. The van der Waals surface area contributed by atoms with Crippen LogP contribution in [0.4, 0.5) is 0 Å². The van der Waals surface area contributed by atoms with Gasteiger partial charge in [0.2, 0.25) is 5.91 Å². The minimum Gasteiger partial charge on any atom is -0.461 e. The summed E-state index contributed by atoms with van der Waals surface area (Å²) in [6, 6.07) is 20.1. The van der Waals surface area contributed by atoms with Crippen LogP contribution in [-0.2, 0) is 21.4 Å². The molecule has 4 nitrogen and oxygen atoms in total. The van der Waals surface area contributed by atoms with Gasteiger partial charge in [-0.2, -0.15) is 0 Å². The quantitative estimate of drug-likeness (QED) is 0.761. The first-order valence-electron chi connectivity index (χ1n) is 9.17. The van der Waals surface area contributed by atoms with Gasteiger partial charge < -0.3 is 14.5 Å². The number of rotatable bonds is 5. The zero-order valence-corrected chi connectivity index (χ0v) is 14.7. The van der Waals surface area contributed by atoms with Crippen LogP contribution in [-0.4, -0.2) is 25.7 Å². The summed E-state index contributed by atoms with van der Waals surface area (Å²) < 4.78 is 11.3. The van der Waals surface area contributed by atoms with Crippen molar-refractivity contribution in [3.05, 3.63) is 72.0 Å². The number of nitrogens with one attached hydrogen (secondary N) is 1. The second-order valence-corrected chi connectivity index (χ2v) is 6.82. The topological polar surface area (TPSA) is 51.5 Å². The van der Waals surface area contributed by atoms with E-state index in [0.29, 0.717) is 39.0 Å². The molecule has 1 aromatic heterocycles. The van der Waals surface area contributed by atoms with Crippen LogP contribution in [0.3, 0.4) is 0 Å². The molecule has 4 rings (SSSR count). The molecular weight excluding hydrogens is 326 g/mol. The van der Waals surface area contributed by atoms with Crippen molar-refractivity contribution >= 4 is 16.9 Å². The van der Waals surface area contributed by atoms with E-state index in [-0.39, 0.29) is 5.91 Å². The molecule has 1 aliphatic heterocycles. The minimum atomic E-state index is -0.493. The maximum atomic E-state index is 13.1. The highest BCUT2D eigenvalue weighted by molar-refractivity contribution is 5.88. The molecule has 1 saturated heterocycles. The Balaban J connectivity index is 1.45. The Hall–Kier alpha value is -2.59. The number of ether oxygens (including phenoxy) is 1. The van der Waals surface area contributed by atoms with Crippen LogP contribution in [0.15, 0.2) is 65.1 Å². The standard InChI is InChI=1S/C22H23NO3/c24-21(22(11-14-25-15-12-22)18-7-2-1-3-8-18)23-13-10-19-16-17-6-4-5-9-20(17)26-19/h1-9,16H,10-15H2,(H,23,24). The van der Waals surface area contributed by atoms with E-state index < -0.39 is 5.41 Å². The number of fused-ring (bicyclic) bond motifs is 1. The van der Waals surface area contributed by atoms with E-state index in [4.69, 9.17) is 9.15 Å². The van der Waals surface area contributed by atoms with Crippen molar-refractivity contribution in [2.45, 2.75) is 24.7 Å². The molecule has 0 bridgehead atoms. The van der Waals surface area contributed by atoms with Gasteiger partial charge in [-0.25, -0.2) is 0 Å². The van der Waals surface area contributed by atoms with Gasteiger partial charge in [0.1, 0.15) is 11.3 Å². The summed E-state index contributed by atoms with van der Waals surface area (Å²) in [4.78, 5) is 13.1. The van der Waals surface area contributed by atoms with E-state index in [0.717, 1.165) is 22.3 Å². The fraction of sp³-hybridized carbons (Fsp3) is 0.318. The lowest BCUT2D eigenvalue weighted by Crippen LogP contribution is -2.48. The molecule has 0 radical (unpaired) electrons. The fourth-order valence-corrected chi connectivity index (χ4v) is 3.75. The van der Waals surface area contributed by atoms with Crippen molar-refractivity contribution in [2.24, 2.45) is 0 Å². The Morgan fingerprint density at radius 1 is 1.00 bits per heavy atom. The Morgan fingerprint density at radius 2 is 1.73 bits per heavy atom. The van der Waals surface area contributed by atoms with Gasteiger partial charge >= 0.3 is 0 Å². The SMILES string of the molecule is O=C(NCCc1cc2ccccc2o1)C1(c2ccccc2)CCOCC1. The Morgan fingerprint density at radius 3 is 2.50 bits per heavy atom. The Labute approximate surface area is 153 Å². The van der Waals surface area contributed by atoms with Crippen molar-refractivity contribution in [3.8, 4) is 0 Å². The van der Waals surface area contributed by atoms with E-state index in [2.05, 4.69) is 5.32 Å². The van der Waals surface area contributed by atoms with Gasteiger partial charge in [-0.15, -0.1) is 0 Å². The number of hydrogen-bond donors (Lipinski definition) is 1. The van der Waals surface area contributed by atoms with Gasteiger partial charge in [-0.05, 0) is 30.5 Å². The number of furan rings is 1. The first-order valence-corrected chi connectivity index (χ1v) is 9.17. The molecule has 0 saturated carbocycles. The van der Waals surface area contributed by atoms with Crippen LogP contribution < -0.4 is 5.32 Å². The van der Waals surface area contributed by atoms with Crippen LogP contribution in [0.2, 0.25) is 0 Å². The van der Waals surface area contributed by atoms with E-state index in [1.807, 2.05) is 60.7 Å². The highest BCUT2D eigenvalue weighted by Crippen LogP contribution is 2.35. The molecule has 3 aromatic rings. The number of para-hydroxylation sites is 1. The van der Waals surface area contributed by atoms with Crippen LogP contribution in [0.1, 0.15) is 24.2 Å². The third-order valence-corrected chi connectivity index (χ3v) is 5.24. The third-order valence-electron chi connectivity index (χ3n) is 5.24. The number of benzene rings is 2. The second-order valence-electron chi connectivity index (χ2n) is 6.82. The van der Waals surface area contributed by atoms with Crippen molar-refractivity contribution < 1.29 is 13.9 Å². The highest BCUT2D eigenvalue weighted by atomic mass is 16.5. The first kappa shape index (κ1) is 16.9. The lowest BCUT2D eigenvalue weighted by molar-refractivity contribution is -0.130. The Kier molecular flexibility index (Phi) is 4.76. The normalized spacial score (nSPS) is 16.5. The summed E-state index contributed by atoms with van der Waals surface area (Å²) in [6.45, 7) is 1.80. The van der Waals surface area contributed by atoms with E-state index in [9.17, 15) is 4.79 Å². The van der Waals surface area contributed by atoms with Gasteiger partial charge in [0.25, 0.3) is 0 Å². The van der Waals surface area contributed by atoms with Crippen molar-refractivity contribution in [1.82, 2.24) is 5.32 Å². The molecule has 0 atom stereocenters. The molecule has 1 N–H and O–H groups in total. The van der Waals surface area contributed by atoms with Gasteiger partial charge in [0.15, 0.2) is 0 Å². The summed E-state index contributed by atoms with van der Waals surface area (Å²) in [5.41, 5.74) is 1.47. The van der Waals surface area contributed by atoms with Crippen molar-refractivity contribution in [1.29, 1.82) is 0 Å². The zero-order valence-electron chi connectivity index (χ0n) is 14.7. The summed E-state index contributed by atoms with van der Waals surface area (Å²) in [5, 5.41) is 4.23. The van der Waals surface area contributed by atoms with Crippen molar-refractivity contribution in [2.75, 3.05) is 19.8 Å². The molecule has 134 valence electrons. The van der Waals surface area contributed by atoms with Crippen molar-refractivity contribution in [3.63, 3.8) is 0 Å². The highest BCUT2D eigenvalue weighted by Gasteiger charge is 2.41. The minimum absolute atomic E-state index is 0.0862. The van der Waals surface area contributed by atoms with Crippen LogP contribution in [0.5, 0.6) is 0 Å². The molecule has 1 amide bonds. The molecule has 0 unspecified atom stereocenters. The molecule has 2 aromatic carbocycles. The number of amides is 1. The summed E-state index contributed by atoms with van der Waals surface area (Å²) >= 11 is 0. The predicted octanol–water partition coefficient (Wildman–Crippen LogP) is 3.84. The molecule has 1 fully saturated rings. The zero-order chi connectivity index (χ0) is 17.8. The first-order chi connectivity index (χ1) is 12.8. The van der Waals surface area contributed by atoms with Crippen LogP contribution in [0.25, 0.3) is 11.0 Å². The monoisotopic (exact) mass is 349 g/mol. The van der Waals surface area contributed by atoms with E-state index in [1.165, 1.54) is 0 Å². The lowest BCUT2D eigenvalue weighted by Gasteiger charge is -2.36. The second kappa shape index (κ2) is 7.34. The summed E-state index contributed by atoms with van der Waals surface area (Å²) in [6.07, 6.45) is 2.11.